The largest absolute Gasteiger partial charge is 0.341 e. The quantitative estimate of drug-likeness (QED) is 0.707. The summed E-state index contributed by atoms with van der Waals surface area (Å²) in [5.41, 5.74) is 9.84. The summed E-state index contributed by atoms with van der Waals surface area (Å²) in [4.78, 5) is 7.79. The van der Waals surface area contributed by atoms with Crippen molar-refractivity contribution in [1.82, 2.24) is 9.97 Å². The second kappa shape index (κ2) is 5.41. The summed E-state index contributed by atoms with van der Waals surface area (Å²) in [6, 6.07) is 8.48. The van der Waals surface area contributed by atoms with E-state index >= 15 is 0 Å². The van der Waals surface area contributed by atoms with E-state index in [1.165, 1.54) is 17.5 Å². The maximum absolute atomic E-state index is 6.14. The number of aromatic nitrogens is 2. The fourth-order valence-electron chi connectivity index (χ4n) is 2.55. The molecule has 0 unspecified atom stereocenters. The number of rotatable bonds is 0. The van der Waals surface area contributed by atoms with Gasteiger partial charge in [0.2, 0.25) is 0 Å². The minimum atomic E-state index is -0.0448. The Morgan fingerprint density at radius 2 is 2.11 bits per heavy atom. The highest BCUT2D eigenvalue weighted by Gasteiger charge is 2.12. The minimum Gasteiger partial charge on any atom is -0.341 e. The van der Waals surface area contributed by atoms with Crippen LogP contribution in [-0.4, -0.2) is 9.97 Å². The molecule has 2 bridgehead atoms. The van der Waals surface area contributed by atoms with Crippen LogP contribution < -0.4 is 5.73 Å². The summed E-state index contributed by atoms with van der Waals surface area (Å²) < 4.78 is 0. The smallest absolute Gasteiger partial charge is 0.123 e. The zero-order valence-corrected chi connectivity index (χ0v) is 11.0. The molecule has 0 saturated heterocycles. The lowest BCUT2D eigenvalue weighted by Crippen LogP contribution is -2.11. The third-order valence-corrected chi connectivity index (χ3v) is 3.63. The van der Waals surface area contributed by atoms with Crippen LogP contribution in [0.3, 0.4) is 0 Å². The first kappa shape index (κ1) is 12.2. The summed E-state index contributed by atoms with van der Waals surface area (Å²) in [6.45, 7) is 0. The molecule has 1 atom stereocenters. The highest BCUT2D eigenvalue weighted by atomic mass is 15.0. The molecule has 3 nitrogen and oxygen atoms in total. The van der Waals surface area contributed by atoms with E-state index in [0.717, 1.165) is 30.8 Å². The molecule has 1 aliphatic heterocycles. The lowest BCUT2D eigenvalue weighted by Gasteiger charge is -2.09. The number of aromatic amines is 1. The van der Waals surface area contributed by atoms with Crippen molar-refractivity contribution in [2.45, 2.75) is 31.7 Å². The summed E-state index contributed by atoms with van der Waals surface area (Å²) >= 11 is 0. The number of aryl methyl sites for hydroxylation is 1. The topological polar surface area (TPSA) is 54.7 Å². The van der Waals surface area contributed by atoms with Crippen LogP contribution >= 0.6 is 0 Å². The molecule has 0 aliphatic carbocycles. The molecule has 3 heteroatoms. The molecule has 0 radical (unpaired) electrons. The van der Waals surface area contributed by atoms with Gasteiger partial charge in [0.25, 0.3) is 0 Å². The number of nitrogens with one attached hydrogen (secondary N) is 1. The zero-order chi connectivity index (χ0) is 13.1. The Hall–Kier alpha value is -1.87. The number of H-pyrrole nitrogens is 1. The van der Waals surface area contributed by atoms with E-state index in [1.807, 2.05) is 6.20 Å². The standard InChI is InChI=1S/C16H19N3/c17-14-10-4-2-1-3-7-12-8-5-6-9-13(12)15-11-18-16(14)19-15/h2,4-6,8-9,11,14H,1,3,7,10,17H2,(H,18,19)/b4-2-/t14-/m0/s1. The van der Waals surface area contributed by atoms with E-state index in [-0.39, 0.29) is 6.04 Å². The minimum absolute atomic E-state index is 0.0448. The Balaban J connectivity index is 2.04. The molecule has 2 aromatic rings. The van der Waals surface area contributed by atoms with Gasteiger partial charge in [-0.15, -0.1) is 0 Å². The van der Waals surface area contributed by atoms with Crippen molar-refractivity contribution in [3.05, 3.63) is 54.0 Å². The maximum Gasteiger partial charge on any atom is 0.123 e. The van der Waals surface area contributed by atoms with Crippen molar-refractivity contribution in [3.8, 4) is 11.3 Å². The number of nitrogens with two attached hydrogens (primary N) is 1. The monoisotopic (exact) mass is 253 g/mol. The lowest BCUT2D eigenvalue weighted by molar-refractivity contribution is 0.690. The molecule has 0 saturated carbocycles. The van der Waals surface area contributed by atoms with Crippen LogP contribution in [0.1, 0.15) is 36.7 Å². The molecule has 1 aromatic carbocycles. The van der Waals surface area contributed by atoms with Gasteiger partial charge < -0.3 is 10.7 Å². The number of fused-ring (bicyclic) bond motifs is 4. The number of benzene rings is 1. The molecular weight excluding hydrogens is 234 g/mol. The lowest BCUT2D eigenvalue weighted by atomic mass is 9.99. The number of allylic oxidation sites excluding steroid dienone is 1. The molecule has 2 heterocycles. The average molecular weight is 253 g/mol. The molecule has 1 aromatic heterocycles. The molecular formula is C16H19N3. The third kappa shape index (κ3) is 2.61. The van der Waals surface area contributed by atoms with Crippen molar-refractivity contribution >= 4 is 0 Å². The summed E-state index contributed by atoms with van der Waals surface area (Å²) in [5.74, 6) is 0.870. The van der Waals surface area contributed by atoms with E-state index in [2.05, 4.69) is 46.4 Å². The van der Waals surface area contributed by atoms with Gasteiger partial charge in [-0.2, -0.15) is 0 Å². The van der Waals surface area contributed by atoms with Crippen LogP contribution in [-0.2, 0) is 6.42 Å². The van der Waals surface area contributed by atoms with E-state index in [4.69, 9.17) is 5.73 Å². The van der Waals surface area contributed by atoms with Gasteiger partial charge in [0, 0.05) is 5.56 Å². The van der Waals surface area contributed by atoms with Crippen molar-refractivity contribution in [2.24, 2.45) is 5.73 Å². The van der Waals surface area contributed by atoms with E-state index < -0.39 is 0 Å². The van der Waals surface area contributed by atoms with Crippen molar-refractivity contribution < 1.29 is 0 Å². The predicted molar refractivity (Wildman–Crippen MR) is 77.6 cm³/mol. The van der Waals surface area contributed by atoms with Crippen LogP contribution in [0.25, 0.3) is 11.3 Å². The average Bonchev–Trinajstić information content (AvgIpc) is 2.91. The molecule has 98 valence electrons. The van der Waals surface area contributed by atoms with Gasteiger partial charge in [-0.25, -0.2) is 4.98 Å². The molecule has 1 aliphatic rings. The second-order valence-electron chi connectivity index (χ2n) is 5.05. The first-order valence-corrected chi connectivity index (χ1v) is 6.88. The molecule has 3 rings (SSSR count). The highest BCUT2D eigenvalue weighted by molar-refractivity contribution is 5.63. The van der Waals surface area contributed by atoms with Crippen molar-refractivity contribution in [1.29, 1.82) is 0 Å². The Morgan fingerprint density at radius 1 is 1.21 bits per heavy atom. The fourth-order valence-corrected chi connectivity index (χ4v) is 2.55. The van der Waals surface area contributed by atoms with E-state index in [0.29, 0.717) is 0 Å². The van der Waals surface area contributed by atoms with Crippen LogP contribution in [0.4, 0.5) is 0 Å². The summed E-state index contributed by atoms with van der Waals surface area (Å²) in [5, 5.41) is 0. The van der Waals surface area contributed by atoms with Gasteiger partial charge >= 0.3 is 0 Å². The van der Waals surface area contributed by atoms with Crippen molar-refractivity contribution in [2.75, 3.05) is 0 Å². The molecule has 19 heavy (non-hydrogen) atoms. The summed E-state index contributed by atoms with van der Waals surface area (Å²) in [7, 11) is 0. The van der Waals surface area contributed by atoms with E-state index in [1.54, 1.807) is 0 Å². The van der Waals surface area contributed by atoms with Crippen LogP contribution in [0.15, 0.2) is 42.6 Å². The predicted octanol–water partition coefficient (Wildman–Crippen LogP) is 3.36. The van der Waals surface area contributed by atoms with Gasteiger partial charge in [0.05, 0.1) is 17.9 Å². The normalized spacial score (nSPS) is 21.0. The molecule has 0 amide bonds. The Labute approximate surface area is 113 Å². The number of imidazole rings is 1. The SMILES string of the molecule is N[C@H]1C/C=C\CCCc2ccccc2-c2cnc1[nH]2. The van der Waals surface area contributed by atoms with Crippen LogP contribution in [0.2, 0.25) is 0 Å². The first-order valence-electron chi connectivity index (χ1n) is 6.88. The number of hydrogen-bond donors (Lipinski definition) is 2. The summed E-state index contributed by atoms with van der Waals surface area (Å²) in [6.07, 6.45) is 10.5. The van der Waals surface area contributed by atoms with Gasteiger partial charge in [-0.3, -0.25) is 0 Å². The second-order valence-corrected chi connectivity index (χ2v) is 5.05. The molecule has 0 spiro atoms. The van der Waals surface area contributed by atoms with Gasteiger partial charge in [-0.05, 0) is 31.2 Å². The van der Waals surface area contributed by atoms with Crippen LogP contribution in [0.5, 0.6) is 0 Å². The van der Waals surface area contributed by atoms with Crippen molar-refractivity contribution in [3.63, 3.8) is 0 Å². The van der Waals surface area contributed by atoms with Gasteiger partial charge in [0.15, 0.2) is 0 Å². The fraction of sp³-hybridized carbons (Fsp3) is 0.312. The van der Waals surface area contributed by atoms with Crippen LogP contribution in [0, 0.1) is 0 Å². The number of hydrogen-bond acceptors (Lipinski definition) is 2. The third-order valence-electron chi connectivity index (χ3n) is 3.63. The first-order chi connectivity index (χ1) is 9.34. The Morgan fingerprint density at radius 3 is 3.05 bits per heavy atom. The Kier molecular flexibility index (Phi) is 3.47. The molecule has 3 N–H and O–H groups in total. The molecule has 0 fully saturated rings. The highest BCUT2D eigenvalue weighted by Crippen LogP contribution is 2.25. The van der Waals surface area contributed by atoms with Gasteiger partial charge in [-0.1, -0.05) is 36.4 Å². The van der Waals surface area contributed by atoms with Gasteiger partial charge in [0.1, 0.15) is 5.82 Å². The number of nitrogens with zero attached hydrogens (tertiary/aromatic N) is 1. The maximum atomic E-state index is 6.14. The van der Waals surface area contributed by atoms with E-state index in [9.17, 15) is 0 Å². The zero-order valence-electron chi connectivity index (χ0n) is 11.0. The Bertz CT molecular complexity index is 583.